The Morgan fingerprint density at radius 2 is 1.33 bits per heavy atom. The lowest BCUT2D eigenvalue weighted by molar-refractivity contribution is -0.385. The highest BCUT2D eigenvalue weighted by Gasteiger charge is 2.60. The summed E-state index contributed by atoms with van der Waals surface area (Å²) in [5.41, 5.74) is 4.39. The van der Waals surface area contributed by atoms with Crippen LogP contribution in [0.5, 0.6) is 0 Å². The fourth-order valence-electron chi connectivity index (χ4n) is 14.4. The summed E-state index contributed by atoms with van der Waals surface area (Å²) >= 11 is 0. The molecule has 0 aromatic carbocycles. The molecule has 2 unspecified atom stereocenters. The highest BCUT2D eigenvalue weighted by molar-refractivity contribution is 5.43. The molecule has 20 heteroatoms. The van der Waals surface area contributed by atoms with Crippen LogP contribution in [0.4, 0.5) is 0 Å². The second-order valence-electron chi connectivity index (χ2n) is 23.2. The van der Waals surface area contributed by atoms with Crippen molar-refractivity contribution in [2.75, 3.05) is 26.4 Å². The average Bonchev–Trinajstić information content (AvgIpc) is 3.68. The first-order valence-electron chi connectivity index (χ1n) is 26.5. The zero-order valence-corrected chi connectivity index (χ0v) is 42.1. The Kier molecular flexibility index (Phi) is 16.9. The molecule has 6 fully saturated rings. The predicted molar refractivity (Wildman–Crippen MR) is 251 cm³/mol. The number of rotatable bonds is 14. The van der Waals surface area contributed by atoms with Crippen molar-refractivity contribution in [2.24, 2.45) is 46.3 Å². The minimum atomic E-state index is -1.73. The van der Waals surface area contributed by atoms with E-state index in [2.05, 4.69) is 45.9 Å². The van der Waals surface area contributed by atoms with Crippen LogP contribution in [0, 0.1) is 46.3 Å². The lowest BCUT2D eigenvalue weighted by Gasteiger charge is -2.58. The summed E-state index contributed by atoms with van der Waals surface area (Å²) in [6.45, 7) is 9.61. The predicted octanol–water partition coefficient (Wildman–Crippen LogP) is -0.589. The quantitative estimate of drug-likeness (QED) is 0.0968. The van der Waals surface area contributed by atoms with Gasteiger partial charge in [-0.1, -0.05) is 57.1 Å². The van der Waals surface area contributed by atoms with Gasteiger partial charge in [0.15, 0.2) is 25.2 Å². The molecular formula is C52H82O20. The van der Waals surface area contributed by atoms with E-state index in [0.717, 1.165) is 44.9 Å². The minimum absolute atomic E-state index is 0.0710. The van der Waals surface area contributed by atoms with E-state index < -0.39 is 136 Å². The summed E-state index contributed by atoms with van der Waals surface area (Å²) in [6.07, 6.45) is -12.3. The third-order valence-electron chi connectivity index (χ3n) is 18.8. The molecule has 4 aliphatic heterocycles. The van der Waals surface area contributed by atoms with Gasteiger partial charge in [0.1, 0.15) is 85.5 Å². The molecule has 0 aromatic rings. The fourth-order valence-corrected chi connectivity index (χ4v) is 14.4. The SMILES string of the molecule is CC(CCC1C=CC2=C([C@@H]1C)[C@@]1(C)CC[C@H]3[C@@H](CC=C4C[C@@H](O[C@@H]5O[C@H](CO)[C@@H](O[C@@H]6OC[C@@H](O)[C@H](O)[C@H]6O)[C@H](O)[C@H]5O[C@@H]5O[C@@H](C)[C@H](O)[C@@H](O)[C@H]5O)CC[C@@]43C)[C@@H]1C2)CO[C@@H]1O[C@H](CO)[C@@H](O)[C@H](O)[C@H]1O. The van der Waals surface area contributed by atoms with Crippen LogP contribution in [-0.4, -0.2) is 211 Å². The first-order chi connectivity index (χ1) is 34.2. The summed E-state index contributed by atoms with van der Waals surface area (Å²) in [4.78, 5) is 0. The standard InChI is InChI=1S/C52H82O20/c1-22(20-65-47-42(62)40(60)38(58)33(18-53)69-47)6-7-25-8-9-26-16-31-29-11-10-27-17-28(12-14-51(27,4)30(29)13-15-52(31,5)35(26)23(25)2)68-50-46(72-49-43(63)39(59)36(56)24(3)67-49)44(64)45(34(19-54)70-50)71-48-41(61)37(57)32(55)21-66-48/h8-10,22-25,28-34,36-50,53-64H,6-7,11-21H2,1-5H3/t22?,23-,24+,25?,28+,29-,30+,31+,32-,33-,34-,36+,37+,38-,39-,40+,41-,42-,43-,44+,45-,46-,47-,48+,49+,50-,51+,52+/m1/s1. The maximum absolute atomic E-state index is 12.0. The van der Waals surface area contributed by atoms with Crippen molar-refractivity contribution in [3.05, 3.63) is 34.9 Å². The fraction of sp³-hybridized carbons (Fsp3) is 0.885. The zero-order chi connectivity index (χ0) is 51.7. The molecule has 0 radical (unpaired) electrons. The monoisotopic (exact) mass is 1030 g/mol. The lowest BCUT2D eigenvalue weighted by atomic mass is 9.47. The van der Waals surface area contributed by atoms with Crippen LogP contribution in [0.1, 0.15) is 92.4 Å². The largest absolute Gasteiger partial charge is 0.394 e. The number of aliphatic hydroxyl groups is 12. The number of hydrogen-bond acceptors (Lipinski definition) is 20. The van der Waals surface area contributed by atoms with E-state index in [-0.39, 0.29) is 23.4 Å². The van der Waals surface area contributed by atoms with Gasteiger partial charge in [0, 0.05) is 0 Å². The highest BCUT2D eigenvalue weighted by Crippen LogP contribution is 2.68. The molecular weight excluding hydrogens is 945 g/mol. The van der Waals surface area contributed by atoms with Gasteiger partial charge in [-0.15, -0.1) is 0 Å². The van der Waals surface area contributed by atoms with Crippen LogP contribution in [-0.2, 0) is 37.9 Å². The van der Waals surface area contributed by atoms with Gasteiger partial charge in [-0.3, -0.25) is 0 Å². The van der Waals surface area contributed by atoms with Crippen molar-refractivity contribution in [2.45, 2.75) is 215 Å². The van der Waals surface area contributed by atoms with Gasteiger partial charge in [0.05, 0.1) is 38.6 Å². The molecule has 0 spiro atoms. The van der Waals surface area contributed by atoms with Crippen LogP contribution in [0.3, 0.4) is 0 Å². The van der Waals surface area contributed by atoms with Crippen LogP contribution in [0.15, 0.2) is 34.9 Å². The van der Waals surface area contributed by atoms with Gasteiger partial charge in [0.2, 0.25) is 0 Å². The lowest BCUT2D eigenvalue weighted by Crippen LogP contribution is -2.66. The number of fused-ring (bicyclic) bond motifs is 6. The highest BCUT2D eigenvalue weighted by atomic mass is 16.8. The summed E-state index contributed by atoms with van der Waals surface area (Å²) in [6, 6.07) is 0. The summed E-state index contributed by atoms with van der Waals surface area (Å²) in [5, 5.41) is 126. The molecule has 0 amide bonds. The van der Waals surface area contributed by atoms with E-state index in [0.29, 0.717) is 49.0 Å². The maximum atomic E-state index is 12.0. The van der Waals surface area contributed by atoms with Gasteiger partial charge in [-0.2, -0.15) is 0 Å². The van der Waals surface area contributed by atoms with E-state index in [9.17, 15) is 61.3 Å². The Labute approximate surface area is 421 Å². The van der Waals surface area contributed by atoms with Crippen molar-refractivity contribution in [3.63, 3.8) is 0 Å². The molecule has 9 aliphatic rings. The van der Waals surface area contributed by atoms with Crippen LogP contribution < -0.4 is 0 Å². The van der Waals surface area contributed by atoms with E-state index in [1.54, 1.807) is 5.57 Å². The first kappa shape index (κ1) is 55.2. The summed E-state index contributed by atoms with van der Waals surface area (Å²) < 4.78 is 47.8. The number of ether oxygens (including phenoxy) is 8. The second-order valence-corrected chi connectivity index (χ2v) is 23.2. The van der Waals surface area contributed by atoms with Crippen molar-refractivity contribution in [1.29, 1.82) is 0 Å². The van der Waals surface area contributed by atoms with E-state index >= 15 is 0 Å². The van der Waals surface area contributed by atoms with E-state index in [1.165, 1.54) is 18.1 Å². The zero-order valence-electron chi connectivity index (χ0n) is 42.1. The van der Waals surface area contributed by atoms with Gasteiger partial charge in [-0.25, -0.2) is 0 Å². The molecule has 0 bridgehead atoms. The molecule has 5 aliphatic carbocycles. The van der Waals surface area contributed by atoms with Crippen molar-refractivity contribution >= 4 is 0 Å². The smallest absolute Gasteiger partial charge is 0.187 e. The molecule has 72 heavy (non-hydrogen) atoms. The topological polar surface area (TPSA) is 317 Å². The van der Waals surface area contributed by atoms with Crippen molar-refractivity contribution < 1.29 is 99.2 Å². The van der Waals surface area contributed by atoms with E-state index in [4.69, 9.17) is 37.9 Å². The third kappa shape index (κ3) is 10.1. The molecule has 0 aromatic heterocycles. The number of hydrogen-bond donors (Lipinski definition) is 12. The Morgan fingerprint density at radius 3 is 2.07 bits per heavy atom. The van der Waals surface area contributed by atoms with Gasteiger partial charge >= 0.3 is 0 Å². The van der Waals surface area contributed by atoms with Crippen molar-refractivity contribution in [1.82, 2.24) is 0 Å². The Balaban J connectivity index is 0.844. The minimum Gasteiger partial charge on any atom is -0.394 e. The molecule has 4 heterocycles. The summed E-state index contributed by atoms with van der Waals surface area (Å²) in [7, 11) is 0. The first-order valence-corrected chi connectivity index (χ1v) is 26.5. The maximum Gasteiger partial charge on any atom is 0.187 e. The Morgan fingerprint density at radius 1 is 0.667 bits per heavy atom. The van der Waals surface area contributed by atoms with Gasteiger partial charge < -0.3 is 99.2 Å². The molecule has 2 saturated carbocycles. The third-order valence-corrected chi connectivity index (χ3v) is 18.8. The Hall–Kier alpha value is -1.58. The summed E-state index contributed by atoms with van der Waals surface area (Å²) in [5.74, 6) is 2.31. The molecule has 12 N–H and O–H groups in total. The molecule has 4 saturated heterocycles. The molecule has 9 rings (SSSR count). The van der Waals surface area contributed by atoms with Crippen molar-refractivity contribution in [3.8, 4) is 0 Å². The molecule has 28 atom stereocenters. The van der Waals surface area contributed by atoms with Crippen LogP contribution in [0.2, 0.25) is 0 Å². The molecule has 20 nitrogen and oxygen atoms in total. The number of aliphatic hydroxyl groups excluding tert-OH is 12. The Bertz CT molecular complexity index is 1950. The van der Waals surface area contributed by atoms with Gasteiger partial charge in [0.25, 0.3) is 0 Å². The molecule has 410 valence electrons. The van der Waals surface area contributed by atoms with Crippen LogP contribution in [0.25, 0.3) is 0 Å². The average molecular weight is 1030 g/mol. The van der Waals surface area contributed by atoms with Gasteiger partial charge in [-0.05, 0) is 117 Å². The van der Waals surface area contributed by atoms with E-state index in [1.807, 2.05) is 0 Å². The second kappa shape index (κ2) is 22.0. The van der Waals surface area contributed by atoms with Crippen LogP contribution >= 0.6 is 0 Å². The normalized spacial score (nSPS) is 52.0. The number of allylic oxidation sites excluding steroid dienone is 5.